The zero-order chi connectivity index (χ0) is 23.8. The summed E-state index contributed by atoms with van der Waals surface area (Å²) in [6.07, 6.45) is 3.28. The highest BCUT2D eigenvalue weighted by molar-refractivity contribution is 5.97. The molecule has 9 heteroatoms. The number of rotatable bonds is 11. The molecule has 1 aliphatic heterocycles. The van der Waals surface area contributed by atoms with Crippen molar-refractivity contribution in [2.24, 2.45) is 0 Å². The fourth-order valence-electron chi connectivity index (χ4n) is 3.64. The van der Waals surface area contributed by atoms with Gasteiger partial charge in [0.2, 0.25) is 0 Å². The second-order valence-corrected chi connectivity index (χ2v) is 7.85. The molecule has 1 fully saturated rings. The summed E-state index contributed by atoms with van der Waals surface area (Å²) in [6, 6.07) is 9.12. The number of fused-ring (bicyclic) bond motifs is 1. The molecule has 0 saturated carbocycles. The lowest BCUT2D eigenvalue weighted by Crippen LogP contribution is -2.25. The Morgan fingerprint density at radius 3 is 2.74 bits per heavy atom. The van der Waals surface area contributed by atoms with Gasteiger partial charge in [-0.1, -0.05) is 0 Å². The van der Waals surface area contributed by atoms with Crippen LogP contribution >= 0.6 is 0 Å². The van der Waals surface area contributed by atoms with Crippen LogP contribution in [0.25, 0.3) is 10.9 Å². The van der Waals surface area contributed by atoms with E-state index in [2.05, 4.69) is 9.97 Å². The van der Waals surface area contributed by atoms with Crippen molar-refractivity contribution in [2.75, 3.05) is 40.1 Å². The number of carbonyl (C=O) groups is 1. The van der Waals surface area contributed by atoms with Crippen LogP contribution in [0.2, 0.25) is 0 Å². The number of hydrogen-bond donors (Lipinski definition) is 1. The quantitative estimate of drug-likeness (QED) is 0.328. The lowest BCUT2D eigenvalue weighted by molar-refractivity contribution is 0.0260. The van der Waals surface area contributed by atoms with Crippen molar-refractivity contribution in [3.05, 3.63) is 47.9 Å². The number of aromatic amines is 1. The highest BCUT2D eigenvalue weighted by Crippen LogP contribution is 2.35. The van der Waals surface area contributed by atoms with Crippen molar-refractivity contribution in [1.82, 2.24) is 9.97 Å². The molecule has 0 amide bonds. The van der Waals surface area contributed by atoms with Gasteiger partial charge in [-0.3, -0.25) is 4.98 Å². The summed E-state index contributed by atoms with van der Waals surface area (Å²) in [5.74, 6) is 1.37. The van der Waals surface area contributed by atoms with E-state index in [0.717, 1.165) is 29.4 Å². The predicted octanol–water partition coefficient (Wildman–Crippen LogP) is 4.25. The van der Waals surface area contributed by atoms with E-state index in [9.17, 15) is 4.79 Å². The van der Waals surface area contributed by atoms with Gasteiger partial charge < -0.3 is 33.4 Å². The smallest absolute Gasteiger partial charge is 0.354 e. The first kappa shape index (κ1) is 24.0. The van der Waals surface area contributed by atoms with E-state index < -0.39 is 5.97 Å². The number of H-pyrrole nitrogens is 1. The number of esters is 1. The SMILES string of the molecule is CCOC(=O)c1cc2cc(Oc3ccc(COCCOC)nc3)cc(OC3CCOCC3)c2[nH]1. The molecule has 1 N–H and O–H groups in total. The van der Waals surface area contributed by atoms with Gasteiger partial charge in [0.25, 0.3) is 0 Å². The summed E-state index contributed by atoms with van der Waals surface area (Å²) in [6.45, 7) is 4.85. The first-order valence-electron chi connectivity index (χ1n) is 11.4. The zero-order valence-corrected chi connectivity index (χ0v) is 19.5. The largest absolute Gasteiger partial charge is 0.488 e. The van der Waals surface area contributed by atoms with Gasteiger partial charge in [0.05, 0.1) is 57.0 Å². The number of pyridine rings is 1. The monoisotopic (exact) mass is 470 g/mol. The minimum atomic E-state index is -0.411. The summed E-state index contributed by atoms with van der Waals surface area (Å²) < 4.78 is 33.4. The maximum Gasteiger partial charge on any atom is 0.354 e. The molecule has 0 spiro atoms. The second kappa shape index (κ2) is 11.8. The standard InChI is InChI=1S/C25H30N2O7/c1-3-32-25(28)22-13-17-12-21(14-23(24(17)27-22)34-19-6-8-30-9-7-19)33-20-5-4-18(26-15-20)16-31-11-10-29-2/h4-5,12-15,19,27H,3,6-11,16H2,1-2H3. The van der Waals surface area contributed by atoms with Gasteiger partial charge in [-0.05, 0) is 31.2 Å². The summed E-state index contributed by atoms with van der Waals surface area (Å²) in [7, 11) is 1.64. The van der Waals surface area contributed by atoms with Gasteiger partial charge in [0.1, 0.15) is 29.0 Å². The molecule has 3 heterocycles. The van der Waals surface area contributed by atoms with Crippen molar-refractivity contribution in [2.45, 2.75) is 32.5 Å². The van der Waals surface area contributed by atoms with Crippen LogP contribution in [0.5, 0.6) is 17.2 Å². The molecule has 0 atom stereocenters. The van der Waals surface area contributed by atoms with Crippen LogP contribution in [0.15, 0.2) is 36.5 Å². The summed E-state index contributed by atoms with van der Waals surface area (Å²) in [5, 5.41) is 0.790. The number of aromatic nitrogens is 2. The normalized spacial score (nSPS) is 14.3. The van der Waals surface area contributed by atoms with Gasteiger partial charge in [-0.15, -0.1) is 0 Å². The van der Waals surface area contributed by atoms with Crippen LogP contribution in [0, 0.1) is 0 Å². The Morgan fingerprint density at radius 2 is 2.00 bits per heavy atom. The number of nitrogens with zero attached hydrogens (tertiary/aromatic N) is 1. The number of hydrogen-bond acceptors (Lipinski definition) is 8. The van der Waals surface area contributed by atoms with Crippen LogP contribution in [-0.2, 0) is 25.6 Å². The second-order valence-electron chi connectivity index (χ2n) is 7.85. The Kier molecular flexibility index (Phi) is 8.35. The van der Waals surface area contributed by atoms with E-state index in [-0.39, 0.29) is 6.10 Å². The molecule has 1 aliphatic rings. The van der Waals surface area contributed by atoms with Crippen LogP contribution < -0.4 is 9.47 Å². The molecular formula is C25H30N2O7. The van der Waals surface area contributed by atoms with Crippen molar-refractivity contribution >= 4 is 16.9 Å². The predicted molar refractivity (Wildman–Crippen MR) is 125 cm³/mol. The minimum absolute atomic E-state index is 0.0283. The van der Waals surface area contributed by atoms with E-state index in [0.29, 0.717) is 62.6 Å². The van der Waals surface area contributed by atoms with Crippen LogP contribution in [0.3, 0.4) is 0 Å². The molecule has 0 unspecified atom stereocenters. The molecule has 1 aromatic carbocycles. The van der Waals surface area contributed by atoms with Gasteiger partial charge in [0, 0.05) is 31.4 Å². The van der Waals surface area contributed by atoms with Gasteiger partial charge in [0.15, 0.2) is 0 Å². The lowest BCUT2D eigenvalue weighted by Gasteiger charge is -2.24. The topological polar surface area (TPSA) is 101 Å². The van der Waals surface area contributed by atoms with E-state index in [1.54, 1.807) is 26.3 Å². The number of benzene rings is 1. The van der Waals surface area contributed by atoms with Gasteiger partial charge in [-0.2, -0.15) is 0 Å². The Morgan fingerprint density at radius 1 is 1.15 bits per heavy atom. The third-order valence-electron chi connectivity index (χ3n) is 5.34. The van der Waals surface area contributed by atoms with Crippen molar-refractivity contribution < 1.29 is 33.2 Å². The van der Waals surface area contributed by atoms with Crippen LogP contribution in [0.4, 0.5) is 0 Å². The van der Waals surface area contributed by atoms with E-state index in [4.69, 9.17) is 28.4 Å². The molecule has 0 radical (unpaired) electrons. The Bertz CT molecular complexity index is 1070. The Hall–Kier alpha value is -3.14. The lowest BCUT2D eigenvalue weighted by atomic mass is 10.1. The van der Waals surface area contributed by atoms with Crippen LogP contribution in [0.1, 0.15) is 35.9 Å². The number of nitrogens with one attached hydrogen (secondary N) is 1. The summed E-state index contributed by atoms with van der Waals surface area (Å²) in [4.78, 5) is 19.8. The number of methoxy groups -OCH3 is 1. The summed E-state index contributed by atoms with van der Waals surface area (Å²) in [5.41, 5.74) is 1.89. The molecule has 0 bridgehead atoms. The Balaban J connectivity index is 1.54. The average molecular weight is 471 g/mol. The van der Waals surface area contributed by atoms with E-state index in [1.807, 2.05) is 24.3 Å². The van der Waals surface area contributed by atoms with Crippen molar-refractivity contribution in [3.63, 3.8) is 0 Å². The molecule has 1 saturated heterocycles. The van der Waals surface area contributed by atoms with E-state index in [1.165, 1.54) is 0 Å². The molecular weight excluding hydrogens is 440 g/mol. The van der Waals surface area contributed by atoms with Gasteiger partial charge >= 0.3 is 5.97 Å². The third kappa shape index (κ3) is 6.25. The van der Waals surface area contributed by atoms with Crippen LogP contribution in [-0.4, -0.2) is 62.2 Å². The molecule has 34 heavy (non-hydrogen) atoms. The Labute approximate surface area is 198 Å². The van der Waals surface area contributed by atoms with Crippen molar-refractivity contribution in [3.8, 4) is 17.2 Å². The highest BCUT2D eigenvalue weighted by atomic mass is 16.5. The molecule has 0 aliphatic carbocycles. The van der Waals surface area contributed by atoms with E-state index >= 15 is 0 Å². The average Bonchev–Trinajstić information content (AvgIpc) is 3.29. The zero-order valence-electron chi connectivity index (χ0n) is 19.5. The number of ether oxygens (including phenoxy) is 6. The first-order valence-corrected chi connectivity index (χ1v) is 11.4. The maximum atomic E-state index is 12.3. The molecule has 9 nitrogen and oxygen atoms in total. The minimum Gasteiger partial charge on any atom is -0.488 e. The molecule has 182 valence electrons. The molecule has 2 aromatic heterocycles. The summed E-state index contributed by atoms with van der Waals surface area (Å²) >= 11 is 0. The van der Waals surface area contributed by atoms with Crippen molar-refractivity contribution in [1.29, 1.82) is 0 Å². The van der Waals surface area contributed by atoms with Gasteiger partial charge in [-0.25, -0.2) is 4.79 Å². The molecule has 3 aromatic rings. The maximum absolute atomic E-state index is 12.3. The fraction of sp³-hybridized carbons (Fsp3) is 0.440. The first-order chi connectivity index (χ1) is 16.7. The number of carbonyl (C=O) groups excluding carboxylic acids is 1. The molecule has 4 rings (SSSR count). The third-order valence-corrected chi connectivity index (χ3v) is 5.34. The highest BCUT2D eigenvalue weighted by Gasteiger charge is 2.20. The fourth-order valence-corrected chi connectivity index (χ4v) is 3.64.